The first kappa shape index (κ1) is 14.2. The number of rotatable bonds is 3. The van der Waals surface area contributed by atoms with Crippen LogP contribution in [0.1, 0.15) is 0 Å². The zero-order valence-electron chi connectivity index (χ0n) is 11.6. The maximum absolute atomic E-state index is 12.4. The molecule has 0 saturated carbocycles. The molecule has 0 spiro atoms. The first-order chi connectivity index (χ1) is 10.6. The molecule has 0 bridgehead atoms. The van der Waals surface area contributed by atoms with Crippen LogP contribution in [0.2, 0.25) is 5.02 Å². The number of nitrogens with one attached hydrogen (secondary N) is 2. The molecule has 3 rings (SSSR count). The van der Waals surface area contributed by atoms with Gasteiger partial charge < -0.3 is 0 Å². The van der Waals surface area contributed by atoms with Gasteiger partial charge in [-0.25, -0.2) is 5.01 Å². The number of hydrogen-bond donors (Lipinski definition) is 2. The van der Waals surface area contributed by atoms with Gasteiger partial charge in [0, 0.05) is 5.02 Å². The number of hydrazine groups is 1. The molecule has 1 fully saturated rings. The topological polar surface area (TPSA) is 56.7 Å². The molecule has 1 saturated heterocycles. The van der Waals surface area contributed by atoms with Gasteiger partial charge >= 0.3 is 0 Å². The van der Waals surface area contributed by atoms with Crippen LogP contribution < -0.4 is 15.9 Å². The van der Waals surface area contributed by atoms with Crippen LogP contribution in [0.3, 0.4) is 0 Å². The summed E-state index contributed by atoms with van der Waals surface area (Å²) in [6, 6.07) is 16.3. The summed E-state index contributed by atoms with van der Waals surface area (Å²) in [4.78, 5) is 12.4. The van der Waals surface area contributed by atoms with Gasteiger partial charge in [-0.2, -0.15) is 5.10 Å². The largest absolute Gasteiger partial charge is 0.299 e. The fourth-order valence-electron chi connectivity index (χ4n) is 1.99. The molecule has 1 aliphatic heterocycles. The Labute approximate surface area is 132 Å². The minimum absolute atomic E-state index is 0.235. The monoisotopic (exact) mass is 312 g/mol. The zero-order chi connectivity index (χ0) is 15.5. The van der Waals surface area contributed by atoms with Gasteiger partial charge in [-0.1, -0.05) is 36.4 Å². The predicted molar refractivity (Wildman–Crippen MR) is 88.7 cm³/mol. The highest BCUT2D eigenvalue weighted by Crippen LogP contribution is 2.19. The summed E-state index contributed by atoms with van der Waals surface area (Å²) >= 11 is 5.82. The highest BCUT2D eigenvalue weighted by Gasteiger charge is 2.32. The van der Waals surface area contributed by atoms with E-state index in [1.807, 2.05) is 30.3 Å². The maximum Gasteiger partial charge on any atom is 0.299 e. The van der Waals surface area contributed by atoms with E-state index in [-0.39, 0.29) is 11.6 Å². The quantitative estimate of drug-likeness (QED) is 0.856. The number of carbonyl (C=O) groups excluding carboxylic acids is 1. The molecule has 1 aliphatic rings. The van der Waals surface area contributed by atoms with Crippen LogP contribution in [-0.2, 0) is 4.79 Å². The zero-order valence-corrected chi connectivity index (χ0v) is 12.3. The van der Waals surface area contributed by atoms with Gasteiger partial charge in [0.2, 0.25) is 0 Å². The third-order valence-corrected chi connectivity index (χ3v) is 3.35. The smallest absolute Gasteiger partial charge is 0.289 e. The molecule has 2 N–H and O–H groups in total. The van der Waals surface area contributed by atoms with Gasteiger partial charge in [-0.05, 0) is 36.4 Å². The fraction of sp³-hybridized carbons (Fsp3) is 0. The first-order valence-electron chi connectivity index (χ1n) is 6.60. The number of hydrazone groups is 1. The Bertz CT molecular complexity index is 741. The SMILES string of the molecule is C=C1NN(c2ccccc2)C(=O)/C1=N/Nc1ccc(Cl)cc1. The Morgan fingerprint density at radius 3 is 2.45 bits per heavy atom. The highest BCUT2D eigenvalue weighted by atomic mass is 35.5. The fourth-order valence-corrected chi connectivity index (χ4v) is 2.12. The van der Waals surface area contributed by atoms with Crippen molar-refractivity contribution >= 4 is 34.6 Å². The van der Waals surface area contributed by atoms with Crippen molar-refractivity contribution in [3.63, 3.8) is 0 Å². The number of hydrogen-bond acceptors (Lipinski definition) is 4. The molecule has 2 aromatic carbocycles. The maximum atomic E-state index is 12.4. The predicted octanol–water partition coefficient (Wildman–Crippen LogP) is 3.17. The van der Waals surface area contributed by atoms with Crippen LogP contribution in [0.25, 0.3) is 0 Å². The summed E-state index contributed by atoms with van der Waals surface area (Å²) < 4.78 is 0. The van der Waals surface area contributed by atoms with Crippen LogP contribution in [-0.4, -0.2) is 11.6 Å². The Morgan fingerprint density at radius 1 is 1.09 bits per heavy atom. The first-order valence-corrected chi connectivity index (χ1v) is 6.97. The van der Waals surface area contributed by atoms with Gasteiger partial charge in [0.05, 0.1) is 17.1 Å². The summed E-state index contributed by atoms with van der Waals surface area (Å²) in [7, 11) is 0. The Kier molecular flexibility index (Phi) is 3.80. The molecular formula is C16H13ClN4O. The van der Waals surface area contributed by atoms with E-state index in [0.717, 1.165) is 11.4 Å². The molecule has 1 amide bonds. The van der Waals surface area contributed by atoms with Crippen molar-refractivity contribution in [1.82, 2.24) is 5.43 Å². The van der Waals surface area contributed by atoms with Gasteiger partial charge in [0.1, 0.15) is 0 Å². The van der Waals surface area contributed by atoms with E-state index in [1.165, 1.54) is 5.01 Å². The lowest BCUT2D eigenvalue weighted by atomic mass is 10.3. The summed E-state index contributed by atoms with van der Waals surface area (Å²) in [6.45, 7) is 3.82. The average molecular weight is 313 g/mol. The van der Waals surface area contributed by atoms with E-state index in [4.69, 9.17) is 11.6 Å². The number of para-hydroxylation sites is 1. The number of nitrogens with zero attached hydrogens (tertiary/aromatic N) is 2. The number of halogens is 1. The van der Waals surface area contributed by atoms with E-state index >= 15 is 0 Å². The summed E-state index contributed by atoms with van der Waals surface area (Å²) in [5.41, 5.74) is 7.87. The standard InChI is InChI=1S/C16H13ClN4O/c1-11-15(19-18-13-9-7-12(17)8-10-13)16(22)21(20-11)14-5-3-2-4-6-14/h2-10,18,20H,1H2/b19-15+. The van der Waals surface area contributed by atoms with Crippen LogP contribution in [0, 0.1) is 0 Å². The van der Waals surface area contributed by atoms with Crippen molar-refractivity contribution < 1.29 is 4.79 Å². The van der Waals surface area contributed by atoms with Gasteiger partial charge in [-0.3, -0.25) is 15.6 Å². The van der Waals surface area contributed by atoms with Gasteiger partial charge in [-0.15, -0.1) is 0 Å². The van der Waals surface area contributed by atoms with Crippen molar-refractivity contribution in [1.29, 1.82) is 0 Å². The van der Waals surface area contributed by atoms with Crippen LogP contribution in [0.15, 0.2) is 72.0 Å². The summed E-state index contributed by atoms with van der Waals surface area (Å²) in [5.74, 6) is -0.266. The van der Waals surface area contributed by atoms with Crippen molar-refractivity contribution in [2.75, 3.05) is 10.4 Å². The second kappa shape index (κ2) is 5.91. The number of benzene rings is 2. The van der Waals surface area contributed by atoms with Gasteiger partial charge in [0.15, 0.2) is 5.71 Å². The lowest BCUT2D eigenvalue weighted by molar-refractivity contribution is -0.112. The number of carbonyl (C=O) groups is 1. The third-order valence-electron chi connectivity index (χ3n) is 3.09. The molecule has 0 atom stereocenters. The summed E-state index contributed by atoms with van der Waals surface area (Å²) in [6.07, 6.45) is 0. The molecule has 0 aromatic heterocycles. The third kappa shape index (κ3) is 2.80. The normalized spacial score (nSPS) is 16.0. The van der Waals surface area contributed by atoms with Crippen molar-refractivity contribution in [2.24, 2.45) is 5.10 Å². The average Bonchev–Trinajstić information content (AvgIpc) is 2.82. The second-order valence-electron chi connectivity index (χ2n) is 4.65. The van der Waals surface area contributed by atoms with Crippen molar-refractivity contribution in [3.8, 4) is 0 Å². The lowest BCUT2D eigenvalue weighted by Crippen LogP contribution is -2.34. The van der Waals surface area contributed by atoms with Crippen molar-refractivity contribution in [2.45, 2.75) is 0 Å². The molecule has 2 aromatic rings. The van der Waals surface area contributed by atoms with Crippen molar-refractivity contribution in [3.05, 3.63) is 71.9 Å². The van der Waals surface area contributed by atoms with E-state index in [2.05, 4.69) is 22.5 Å². The van der Waals surface area contributed by atoms with Crippen LogP contribution >= 0.6 is 11.6 Å². The number of amides is 1. The molecule has 0 radical (unpaired) electrons. The Balaban J connectivity index is 1.79. The minimum Gasteiger partial charge on any atom is -0.289 e. The molecule has 22 heavy (non-hydrogen) atoms. The number of anilines is 2. The molecule has 0 aliphatic carbocycles. The Hall–Kier alpha value is -2.79. The van der Waals surface area contributed by atoms with Crippen LogP contribution in [0.5, 0.6) is 0 Å². The highest BCUT2D eigenvalue weighted by molar-refractivity contribution is 6.51. The van der Waals surface area contributed by atoms with Crippen LogP contribution in [0.4, 0.5) is 11.4 Å². The second-order valence-corrected chi connectivity index (χ2v) is 5.08. The van der Waals surface area contributed by atoms with E-state index < -0.39 is 0 Å². The summed E-state index contributed by atoms with van der Waals surface area (Å²) in [5, 5.41) is 6.17. The minimum atomic E-state index is -0.266. The molecule has 0 unspecified atom stereocenters. The molecular weight excluding hydrogens is 300 g/mol. The molecule has 110 valence electrons. The molecule has 6 heteroatoms. The lowest BCUT2D eigenvalue weighted by Gasteiger charge is -2.14. The van der Waals surface area contributed by atoms with E-state index in [1.54, 1.807) is 24.3 Å². The van der Waals surface area contributed by atoms with E-state index in [0.29, 0.717) is 10.7 Å². The molecule has 5 nitrogen and oxygen atoms in total. The van der Waals surface area contributed by atoms with E-state index in [9.17, 15) is 4.79 Å². The van der Waals surface area contributed by atoms with Gasteiger partial charge in [0.25, 0.3) is 5.91 Å². The molecule has 1 heterocycles. The Morgan fingerprint density at radius 2 is 1.77 bits per heavy atom.